The van der Waals surface area contributed by atoms with E-state index >= 15 is 0 Å². The van der Waals surface area contributed by atoms with Gasteiger partial charge in [0.1, 0.15) is 6.29 Å². The fourth-order valence-electron chi connectivity index (χ4n) is 0. The molecular weight excluding hydrogens is 208 g/mol. The van der Waals surface area contributed by atoms with Crippen LogP contribution in [0.2, 0.25) is 0 Å². The van der Waals surface area contributed by atoms with Gasteiger partial charge < -0.3 is 25.2 Å². The second kappa shape index (κ2) is 56.5. The summed E-state index contributed by atoms with van der Waals surface area (Å²) in [6.07, 6.45) is -2.92. The van der Waals surface area contributed by atoms with Crippen molar-refractivity contribution >= 4 is 18.6 Å². The average molecular weight is 228 g/mol. The highest BCUT2D eigenvalue weighted by molar-refractivity contribution is 5.53. The lowest BCUT2D eigenvalue weighted by Gasteiger charge is -1.60. The largest absolute Gasteiger partial charge is 0.503 e. The van der Waals surface area contributed by atoms with Crippen molar-refractivity contribution in [3.8, 4) is 0 Å². The van der Waals surface area contributed by atoms with Gasteiger partial charge in [0.15, 0.2) is 0 Å². The number of carbonyl (C=O) groups is 3. The van der Waals surface area contributed by atoms with Crippen molar-refractivity contribution in [1.82, 2.24) is 0 Å². The predicted octanol–water partition coefficient (Wildman–Crippen LogP) is 2.70. The third kappa shape index (κ3) is 397. The molecule has 0 fully saturated rings. The van der Waals surface area contributed by atoms with E-state index in [1.54, 1.807) is 0 Å². The first-order valence-electron chi connectivity index (χ1n) is 4.12. The molecule has 0 atom stereocenters. The third-order valence-electron chi connectivity index (χ3n) is 0. The normalized spacial score (nSPS) is 4.87. The molecule has 0 aromatic heterocycles. The predicted molar refractivity (Wildman–Crippen MR) is 55.7 cm³/mol. The Kier molecular flexibility index (Phi) is 110. The van der Waals surface area contributed by atoms with E-state index in [0.717, 1.165) is 6.29 Å². The van der Waals surface area contributed by atoms with Crippen molar-refractivity contribution in [3.63, 3.8) is 0 Å². The molecule has 0 aliphatic carbocycles. The first kappa shape index (κ1) is 29.2. The summed E-state index contributed by atoms with van der Waals surface area (Å²) in [5.74, 6) is 0. The van der Waals surface area contributed by atoms with Crippen LogP contribution in [0.3, 0.4) is 0 Å². The van der Waals surface area contributed by atoms with E-state index in [-0.39, 0.29) is 0 Å². The van der Waals surface area contributed by atoms with Crippen LogP contribution in [-0.4, -0.2) is 39.0 Å². The Morgan fingerprint density at radius 2 is 0.800 bits per heavy atom. The Hall–Kier alpha value is -1.79. The van der Waals surface area contributed by atoms with Crippen LogP contribution >= 0.6 is 0 Å². The molecule has 0 aromatic carbocycles. The van der Waals surface area contributed by atoms with Crippen LogP contribution in [0, 0.1) is 0 Å². The van der Waals surface area contributed by atoms with Gasteiger partial charge in [0.2, 0.25) is 0 Å². The highest BCUT2D eigenvalue weighted by Crippen LogP contribution is 1.43. The van der Waals surface area contributed by atoms with Gasteiger partial charge in [-0.2, -0.15) is 0 Å². The lowest BCUT2D eigenvalue weighted by Crippen LogP contribution is -1.81. The van der Waals surface area contributed by atoms with E-state index in [9.17, 15) is 0 Å². The maximum absolute atomic E-state index is 8.81. The minimum atomic E-state index is -1.83. The van der Waals surface area contributed by atoms with Gasteiger partial charge in [-0.15, -0.1) is 0 Å². The second-order valence-corrected chi connectivity index (χ2v) is 0.801. The van der Waals surface area contributed by atoms with Gasteiger partial charge in [-0.25, -0.2) is 9.59 Å². The van der Waals surface area contributed by atoms with Gasteiger partial charge in [-0.3, -0.25) is 0 Å². The van der Waals surface area contributed by atoms with Crippen molar-refractivity contribution < 1.29 is 34.8 Å². The summed E-state index contributed by atoms with van der Waals surface area (Å²) >= 11 is 0. The fourth-order valence-corrected chi connectivity index (χ4v) is 0. The molecule has 0 spiro atoms. The minimum Gasteiger partial charge on any atom is -0.450 e. The lowest BCUT2D eigenvalue weighted by molar-refractivity contribution is -0.106. The van der Waals surface area contributed by atoms with E-state index in [1.165, 1.54) is 6.92 Å². The van der Waals surface area contributed by atoms with Crippen molar-refractivity contribution in [2.75, 3.05) is 0 Å². The SMILES string of the molecule is CC.CC.CC=O.O=C(O)O.O=C(O)O. The van der Waals surface area contributed by atoms with Gasteiger partial charge >= 0.3 is 12.3 Å². The second-order valence-electron chi connectivity index (χ2n) is 0.801. The number of carboxylic acid groups (broad SMARTS) is 4. The molecule has 0 saturated heterocycles. The van der Waals surface area contributed by atoms with Gasteiger partial charge in [-0.1, -0.05) is 27.7 Å². The molecule has 0 aliphatic heterocycles. The molecule has 4 N–H and O–H groups in total. The Labute approximate surface area is 89.0 Å². The first-order chi connectivity index (χ1) is 6.88. The van der Waals surface area contributed by atoms with Gasteiger partial charge in [0.05, 0.1) is 0 Å². The number of carbonyl (C=O) groups excluding carboxylic acids is 1. The number of rotatable bonds is 0. The smallest absolute Gasteiger partial charge is 0.450 e. The zero-order chi connectivity index (χ0) is 13.9. The highest BCUT2D eigenvalue weighted by atomic mass is 16.6. The molecular formula is C8H20O7. The Bertz CT molecular complexity index is 102. The van der Waals surface area contributed by atoms with Crippen LogP contribution in [-0.2, 0) is 4.79 Å². The van der Waals surface area contributed by atoms with Gasteiger partial charge in [0, 0.05) is 0 Å². The van der Waals surface area contributed by atoms with E-state index in [2.05, 4.69) is 0 Å². The number of hydrogen-bond acceptors (Lipinski definition) is 3. The summed E-state index contributed by atoms with van der Waals surface area (Å²) in [6.45, 7) is 9.44. The fraction of sp³-hybridized carbons (Fsp3) is 0.625. The molecule has 0 radical (unpaired) electrons. The summed E-state index contributed by atoms with van der Waals surface area (Å²) in [6, 6.07) is 0. The molecule has 0 bridgehead atoms. The molecule has 0 unspecified atom stereocenters. The lowest BCUT2D eigenvalue weighted by atomic mass is 11.0. The topological polar surface area (TPSA) is 132 Å². The maximum Gasteiger partial charge on any atom is 0.503 e. The summed E-state index contributed by atoms with van der Waals surface area (Å²) < 4.78 is 0. The van der Waals surface area contributed by atoms with E-state index in [4.69, 9.17) is 34.8 Å². The Morgan fingerprint density at radius 3 is 0.800 bits per heavy atom. The van der Waals surface area contributed by atoms with Crippen LogP contribution in [0.4, 0.5) is 9.59 Å². The Balaban J connectivity index is -0.0000000289. The van der Waals surface area contributed by atoms with Crippen molar-refractivity contribution in [2.24, 2.45) is 0 Å². The van der Waals surface area contributed by atoms with E-state index < -0.39 is 12.3 Å². The average Bonchev–Trinajstić information content (AvgIpc) is 2.09. The van der Waals surface area contributed by atoms with Gasteiger partial charge in [-0.05, 0) is 6.92 Å². The van der Waals surface area contributed by atoms with Crippen LogP contribution in [0.5, 0.6) is 0 Å². The molecule has 0 aliphatic rings. The molecule has 0 saturated carbocycles. The third-order valence-corrected chi connectivity index (χ3v) is 0. The van der Waals surface area contributed by atoms with Crippen molar-refractivity contribution in [2.45, 2.75) is 34.6 Å². The maximum atomic E-state index is 8.81. The Morgan fingerprint density at radius 1 is 0.800 bits per heavy atom. The van der Waals surface area contributed by atoms with E-state index in [1.807, 2.05) is 27.7 Å². The van der Waals surface area contributed by atoms with Crippen molar-refractivity contribution in [1.29, 1.82) is 0 Å². The molecule has 15 heavy (non-hydrogen) atoms. The molecule has 0 amide bonds. The van der Waals surface area contributed by atoms with Crippen LogP contribution < -0.4 is 0 Å². The first-order valence-corrected chi connectivity index (χ1v) is 4.12. The highest BCUT2D eigenvalue weighted by Gasteiger charge is 1.70. The zero-order valence-corrected chi connectivity index (χ0v) is 9.59. The standard InChI is InChI=1S/C2H4O.2C2H6.2CH2O3/c1-2-3;2*1-2;2*2-1(3)4/h2H,1H3;2*1-2H3;2*(H2,2,3,4). The monoisotopic (exact) mass is 228 g/mol. The summed E-state index contributed by atoms with van der Waals surface area (Å²) in [7, 11) is 0. The van der Waals surface area contributed by atoms with Crippen LogP contribution in [0.25, 0.3) is 0 Å². The quantitative estimate of drug-likeness (QED) is 0.468. The molecule has 7 heteroatoms. The molecule has 0 aromatic rings. The molecule has 94 valence electrons. The summed E-state index contributed by atoms with van der Waals surface area (Å²) in [4.78, 5) is 25.9. The minimum absolute atomic E-state index is 0.750. The zero-order valence-electron chi connectivity index (χ0n) is 9.59. The molecule has 0 rings (SSSR count). The number of hydrogen-bond donors (Lipinski definition) is 4. The van der Waals surface area contributed by atoms with E-state index in [0.29, 0.717) is 0 Å². The molecule has 0 heterocycles. The van der Waals surface area contributed by atoms with Crippen LogP contribution in [0.1, 0.15) is 34.6 Å². The summed E-state index contributed by atoms with van der Waals surface area (Å²) in [5.41, 5.74) is 0. The summed E-state index contributed by atoms with van der Waals surface area (Å²) in [5, 5.41) is 27.9. The van der Waals surface area contributed by atoms with Gasteiger partial charge in [0.25, 0.3) is 0 Å². The van der Waals surface area contributed by atoms with Crippen LogP contribution in [0.15, 0.2) is 0 Å². The molecule has 7 nitrogen and oxygen atoms in total. The van der Waals surface area contributed by atoms with Crippen molar-refractivity contribution in [3.05, 3.63) is 0 Å². The number of aldehydes is 1.